The van der Waals surface area contributed by atoms with E-state index in [2.05, 4.69) is 46.1 Å². The molecule has 0 saturated carbocycles. The zero-order valence-corrected chi connectivity index (χ0v) is 10.6. The Bertz CT molecular complexity index is 488. The highest BCUT2D eigenvalue weighted by Gasteiger charge is 2.15. The topological polar surface area (TPSA) is 29.9 Å². The van der Waals surface area contributed by atoms with E-state index in [1.165, 1.54) is 11.1 Å². The summed E-state index contributed by atoms with van der Waals surface area (Å²) < 4.78 is 2.06. The van der Waals surface area contributed by atoms with Crippen molar-refractivity contribution in [3.8, 4) is 0 Å². The lowest BCUT2D eigenvalue weighted by Gasteiger charge is -2.17. The van der Waals surface area contributed by atoms with Crippen LogP contribution in [0.15, 0.2) is 36.7 Å². The van der Waals surface area contributed by atoms with Gasteiger partial charge in [0.05, 0.1) is 6.04 Å². The molecule has 0 spiro atoms. The fourth-order valence-corrected chi connectivity index (χ4v) is 2.09. The molecule has 1 atom stereocenters. The third-order valence-electron chi connectivity index (χ3n) is 3.10. The van der Waals surface area contributed by atoms with Crippen LogP contribution in [0.3, 0.4) is 0 Å². The van der Waals surface area contributed by atoms with E-state index < -0.39 is 0 Å². The van der Waals surface area contributed by atoms with Crippen molar-refractivity contribution in [2.45, 2.75) is 19.4 Å². The number of imidazole rings is 1. The van der Waals surface area contributed by atoms with Gasteiger partial charge in [-0.1, -0.05) is 31.2 Å². The third kappa shape index (κ3) is 2.39. The summed E-state index contributed by atoms with van der Waals surface area (Å²) >= 11 is 0. The van der Waals surface area contributed by atoms with Crippen molar-refractivity contribution >= 4 is 0 Å². The predicted octanol–water partition coefficient (Wildman–Crippen LogP) is 2.29. The highest BCUT2D eigenvalue weighted by Crippen LogP contribution is 2.20. The number of hydrogen-bond donors (Lipinski definition) is 1. The second-order valence-electron chi connectivity index (χ2n) is 4.22. The van der Waals surface area contributed by atoms with Crippen LogP contribution in [0, 0.1) is 0 Å². The van der Waals surface area contributed by atoms with Crippen LogP contribution in [-0.4, -0.2) is 16.6 Å². The number of nitrogens with one attached hydrogen (secondary N) is 1. The Morgan fingerprint density at radius 3 is 2.82 bits per heavy atom. The van der Waals surface area contributed by atoms with Crippen molar-refractivity contribution < 1.29 is 0 Å². The lowest BCUT2D eigenvalue weighted by Crippen LogP contribution is -2.21. The van der Waals surface area contributed by atoms with Gasteiger partial charge in [0, 0.05) is 19.4 Å². The molecule has 0 bridgehead atoms. The fraction of sp³-hybridized carbons (Fsp3) is 0.357. The van der Waals surface area contributed by atoms with E-state index in [1.807, 2.05) is 26.5 Å². The number of benzene rings is 1. The second-order valence-corrected chi connectivity index (χ2v) is 4.22. The number of rotatable bonds is 4. The Hall–Kier alpha value is -1.61. The van der Waals surface area contributed by atoms with Gasteiger partial charge in [-0.05, 0) is 24.6 Å². The summed E-state index contributed by atoms with van der Waals surface area (Å²) in [7, 11) is 3.99. The Labute approximate surface area is 103 Å². The van der Waals surface area contributed by atoms with Gasteiger partial charge in [0.15, 0.2) is 0 Å². The van der Waals surface area contributed by atoms with Gasteiger partial charge in [-0.25, -0.2) is 4.98 Å². The molecule has 1 aromatic heterocycles. The molecule has 17 heavy (non-hydrogen) atoms. The smallest absolute Gasteiger partial charge is 0.130 e. The van der Waals surface area contributed by atoms with Crippen molar-refractivity contribution in [1.82, 2.24) is 14.9 Å². The van der Waals surface area contributed by atoms with Crippen molar-refractivity contribution in [2.24, 2.45) is 7.05 Å². The Morgan fingerprint density at radius 1 is 1.41 bits per heavy atom. The third-order valence-corrected chi connectivity index (χ3v) is 3.10. The number of hydrogen-bond acceptors (Lipinski definition) is 2. The van der Waals surface area contributed by atoms with E-state index in [4.69, 9.17) is 0 Å². The average Bonchev–Trinajstić information content (AvgIpc) is 2.77. The van der Waals surface area contributed by atoms with Crippen molar-refractivity contribution in [2.75, 3.05) is 7.05 Å². The van der Waals surface area contributed by atoms with Gasteiger partial charge >= 0.3 is 0 Å². The van der Waals surface area contributed by atoms with Crippen LogP contribution in [-0.2, 0) is 13.5 Å². The van der Waals surface area contributed by atoms with Crippen LogP contribution in [0.25, 0.3) is 0 Å². The Kier molecular flexibility index (Phi) is 3.59. The minimum absolute atomic E-state index is 0.154. The molecule has 90 valence electrons. The van der Waals surface area contributed by atoms with E-state index in [1.54, 1.807) is 0 Å². The minimum atomic E-state index is 0.154. The molecular formula is C14H19N3. The van der Waals surface area contributed by atoms with E-state index in [0.29, 0.717) is 0 Å². The Balaban J connectivity index is 2.38. The van der Waals surface area contributed by atoms with Crippen LogP contribution in [0.1, 0.15) is 29.9 Å². The van der Waals surface area contributed by atoms with Crippen LogP contribution < -0.4 is 5.32 Å². The molecule has 1 N–H and O–H groups in total. The molecule has 0 aliphatic rings. The van der Waals surface area contributed by atoms with E-state index in [-0.39, 0.29) is 6.04 Å². The van der Waals surface area contributed by atoms with Gasteiger partial charge < -0.3 is 9.88 Å². The maximum absolute atomic E-state index is 4.42. The summed E-state index contributed by atoms with van der Waals surface area (Å²) in [6.07, 6.45) is 4.87. The SMILES string of the molecule is CCc1cccc(C(NC)c2nccn2C)c1. The van der Waals surface area contributed by atoms with Gasteiger partial charge in [0.2, 0.25) is 0 Å². The lowest BCUT2D eigenvalue weighted by molar-refractivity contribution is 0.617. The van der Waals surface area contributed by atoms with Gasteiger partial charge in [-0.15, -0.1) is 0 Å². The highest BCUT2D eigenvalue weighted by molar-refractivity contribution is 5.30. The highest BCUT2D eigenvalue weighted by atomic mass is 15.1. The first-order chi connectivity index (χ1) is 8.26. The summed E-state index contributed by atoms with van der Waals surface area (Å²) in [5.41, 5.74) is 2.62. The van der Waals surface area contributed by atoms with Crippen LogP contribution in [0.4, 0.5) is 0 Å². The van der Waals surface area contributed by atoms with Crippen molar-refractivity contribution in [3.05, 3.63) is 53.6 Å². The fourth-order valence-electron chi connectivity index (χ4n) is 2.09. The molecular weight excluding hydrogens is 210 g/mol. The molecule has 0 amide bonds. The van der Waals surface area contributed by atoms with Crippen molar-refractivity contribution in [3.63, 3.8) is 0 Å². The van der Waals surface area contributed by atoms with Gasteiger partial charge in [0.1, 0.15) is 5.82 Å². The largest absolute Gasteiger partial charge is 0.336 e. The quantitative estimate of drug-likeness (QED) is 0.871. The maximum Gasteiger partial charge on any atom is 0.130 e. The molecule has 0 saturated heterocycles. The molecule has 3 nitrogen and oxygen atoms in total. The molecule has 1 heterocycles. The zero-order chi connectivity index (χ0) is 12.3. The molecule has 0 radical (unpaired) electrons. The molecule has 2 rings (SSSR count). The summed E-state index contributed by atoms with van der Waals surface area (Å²) in [6.45, 7) is 2.17. The molecule has 3 heteroatoms. The molecule has 2 aromatic rings. The molecule has 1 unspecified atom stereocenters. The normalized spacial score (nSPS) is 12.6. The van der Waals surface area contributed by atoms with Gasteiger partial charge in [0.25, 0.3) is 0 Å². The lowest BCUT2D eigenvalue weighted by atomic mass is 10.0. The van der Waals surface area contributed by atoms with Crippen LogP contribution in [0.2, 0.25) is 0 Å². The second kappa shape index (κ2) is 5.15. The zero-order valence-electron chi connectivity index (χ0n) is 10.6. The first-order valence-electron chi connectivity index (χ1n) is 5.99. The predicted molar refractivity (Wildman–Crippen MR) is 69.9 cm³/mol. The van der Waals surface area contributed by atoms with Gasteiger partial charge in [-0.3, -0.25) is 0 Å². The first kappa shape index (κ1) is 11.9. The summed E-state index contributed by atoms with van der Waals surface area (Å²) in [4.78, 5) is 4.42. The standard InChI is InChI=1S/C14H19N3/c1-4-11-6-5-7-12(10-11)13(15-2)14-16-8-9-17(14)3/h5-10,13,15H,4H2,1-3H3. The number of aromatic nitrogens is 2. The minimum Gasteiger partial charge on any atom is -0.336 e. The number of aryl methyl sites for hydroxylation is 2. The maximum atomic E-state index is 4.42. The van der Waals surface area contributed by atoms with Crippen LogP contribution in [0.5, 0.6) is 0 Å². The summed E-state index contributed by atoms with van der Waals surface area (Å²) in [5.74, 6) is 1.04. The summed E-state index contributed by atoms with van der Waals surface area (Å²) in [5, 5.41) is 3.33. The van der Waals surface area contributed by atoms with E-state index in [0.717, 1.165) is 12.2 Å². The molecule has 1 aromatic carbocycles. The van der Waals surface area contributed by atoms with E-state index >= 15 is 0 Å². The van der Waals surface area contributed by atoms with Crippen molar-refractivity contribution in [1.29, 1.82) is 0 Å². The van der Waals surface area contributed by atoms with E-state index in [9.17, 15) is 0 Å². The molecule has 0 aliphatic carbocycles. The first-order valence-corrected chi connectivity index (χ1v) is 5.99. The average molecular weight is 229 g/mol. The Morgan fingerprint density at radius 2 is 2.24 bits per heavy atom. The molecule has 0 aliphatic heterocycles. The number of nitrogens with zero attached hydrogens (tertiary/aromatic N) is 2. The summed E-state index contributed by atoms with van der Waals surface area (Å²) in [6, 6.07) is 8.82. The monoisotopic (exact) mass is 229 g/mol. The van der Waals surface area contributed by atoms with Crippen LogP contribution >= 0.6 is 0 Å². The molecule has 0 fully saturated rings. The van der Waals surface area contributed by atoms with Gasteiger partial charge in [-0.2, -0.15) is 0 Å².